The zero-order valence-electron chi connectivity index (χ0n) is 13.8. The lowest BCUT2D eigenvalue weighted by molar-refractivity contribution is 1.11. The molecule has 3 rings (SSSR count). The monoisotopic (exact) mass is 381 g/mol. The Kier molecular flexibility index (Phi) is 5.16. The van der Waals surface area contributed by atoms with E-state index < -0.39 is 0 Å². The van der Waals surface area contributed by atoms with E-state index in [2.05, 4.69) is 93.8 Å². The Bertz CT molecular complexity index is 796. The zero-order chi connectivity index (χ0) is 16.9. The maximum absolute atomic E-state index is 4.30. The summed E-state index contributed by atoms with van der Waals surface area (Å²) >= 11 is 3.45. The van der Waals surface area contributed by atoms with Crippen molar-refractivity contribution in [2.45, 2.75) is 6.54 Å². The van der Waals surface area contributed by atoms with Gasteiger partial charge in [0.2, 0.25) is 0 Å². The number of anilines is 2. The molecular formula is C20H20BrN3. The van der Waals surface area contributed by atoms with Crippen LogP contribution in [0, 0.1) is 0 Å². The minimum Gasteiger partial charge on any atom is -0.378 e. The van der Waals surface area contributed by atoms with Crippen molar-refractivity contribution < 1.29 is 0 Å². The van der Waals surface area contributed by atoms with Gasteiger partial charge in [0.15, 0.2) is 0 Å². The van der Waals surface area contributed by atoms with Crippen LogP contribution in [0.15, 0.2) is 71.3 Å². The van der Waals surface area contributed by atoms with Gasteiger partial charge in [-0.15, -0.1) is 0 Å². The van der Waals surface area contributed by atoms with Crippen molar-refractivity contribution in [3.63, 3.8) is 0 Å². The summed E-state index contributed by atoms with van der Waals surface area (Å²) in [5.41, 5.74) is 4.89. The second-order valence-corrected chi connectivity index (χ2v) is 6.77. The van der Waals surface area contributed by atoms with Gasteiger partial charge in [-0.2, -0.15) is 0 Å². The van der Waals surface area contributed by atoms with Gasteiger partial charge in [-0.3, -0.25) is 0 Å². The van der Waals surface area contributed by atoms with Crippen LogP contribution in [0.1, 0.15) is 5.56 Å². The third-order valence-corrected chi connectivity index (χ3v) is 4.36. The largest absolute Gasteiger partial charge is 0.378 e. The van der Waals surface area contributed by atoms with E-state index in [1.54, 1.807) is 6.20 Å². The van der Waals surface area contributed by atoms with Crippen molar-refractivity contribution in [3.05, 3.63) is 76.9 Å². The molecular weight excluding hydrogens is 362 g/mol. The van der Waals surface area contributed by atoms with Crippen LogP contribution in [-0.2, 0) is 6.54 Å². The number of aromatic nitrogens is 1. The van der Waals surface area contributed by atoms with E-state index in [4.69, 9.17) is 0 Å². The Labute approximate surface area is 151 Å². The first-order valence-electron chi connectivity index (χ1n) is 7.84. The highest BCUT2D eigenvalue weighted by Gasteiger charge is 2.01. The lowest BCUT2D eigenvalue weighted by atomic mass is 10.0. The van der Waals surface area contributed by atoms with Crippen molar-refractivity contribution in [1.29, 1.82) is 0 Å². The fourth-order valence-corrected chi connectivity index (χ4v) is 2.80. The van der Waals surface area contributed by atoms with Crippen molar-refractivity contribution in [1.82, 2.24) is 4.98 Å². The van der Waals surface area contributed by atoms with Crippen LogP contribution in [0.4, 0.5) is 11.5 Å². The molecule has 2 aromatic carbocycles. The van der Waals surface area contributed by atoms with Gasteiger partial charge in [-0.25, -0.2) is 4.98 Å². The minimum absolute atomic E-state index is 0.753. The van der Waals surface area contributed by atoms with E-state index in [-0.39, 0.29) is 0 Å². The van der Waals surface area contributed by atoms with Crippen LogP contribution in [0.3, 0.4) is 0 Å². The second-order valence-electron chi connectivity index (χ2n) is 5.85. The van der Waals surface area contributed by atoms with Gasteiger partial charge in [0.25, 0.3) is 0 Å². The van der Waals surface area contributed by atoms with Gasteiger partial charge >= 0.3 is 0 Å². The smallest absolute Gasteiger partial charge is 0.127 e. The normalized spacial score (nSPS) is 10.5. The number of benzene rings is 2. The Morgan fingerprint density at radius 1 is 0.917 bits per heavy atom. The molecule has 0 saturated heterocycles. The minimum atomic E-state index is 0.753. The third kappa shape index (κ3) is 4.15. The maximum atomic E-state index is 4.30. The number of rotatable bonds is 5. The molecule has 0 aliphatic rings. The van der Waals surface area contributed by atoms with Gasteiger partial charge in [0.05, 0.1) is 0 Å². The fraction of sp³-hybridized carbons (Fsp3) is 0.150. The number of halogens is 1. The molecule has 0 atom stereocenters. The molecule has 3 nitrogen and oxygen atoms in total. The summed E-state index contributed by atoms with van der Waals surface area (Å²) in [5, 5.41) is 3.33. The van der Waals surface area contributed by atoms with E-state index >= 15 is 0 Å². The average Bonchev–Trinajstić information content (AvgIpc) is 2.61. The summed E-state index contributed by atoms with van der Waals surface area (Å²) in [6, 6.07) is 21.1. The van der Waals surface area contributed by atoms with Crippen LogP contribution in [0.5, 0.6) is 0 Å². The van der Waals surface area contributed by atoms with Crippen molar-refractivity contribution in [2.75, 3.05) is 24.3 Å². The van der Waals surface area contributed by atoms with E-state index in [1.165, 1.54) is 22.4 Å². The molecule has 0 saturated carbocycles. The molecule has 122 valence electrons. The Morgan fingerprint density at radius 2 is 1.54 bits per heavy atom. The Morgan fingerprint density at radius 3 is 2.12 bits per heavy atom. The maximum Gasteiger partial charge on any atom is 0.127 e. The predicted molar refractivity (Wildman–Crippen MR) is 105 cm³/mol. The molecule has 1 N–H and O–H groups in total. The van der Waals surface area contributed by atoms with Gasteiger partial charge in [0.1, 0.15) is 5.82 Å². The molecule has 4 heteroatoms. The Balaban J connectivity index is 1.66. The molecule has 0 spiro atoms. The van der Waals surface area contributed by atoms with Crippen molar-refractivity contribution >= 4 is 27.4 Å². The number of hydrogen-bond donors (Lipinski definition) is 1. The molecule has 1 aromatic heterocycles. The molecule has 0 radical (unpaired) electrons. The lowest BCUT2D eigenvalue weighted by Crippen LogP contribution is -2.07. The van der Waals surface area contributed by atoms with Crippen LogP contribution in [0.2, 0.25) is 0 Å². The number of hydrogen-bond acceptors (Lipinski definition) is 3. The topological polar surface area (TPSA) is 28.2 Å². The summed E-state index contributed by atoms with van der Waals surface area (Å²) in [6.45, 7) is 0.753. The lowest BCUT2D eigenvalue weighted by Gasteiger charge is -2.13. The predicted octanol–water partition coefficient (Wildman–Crippen LogP) is 5.19. The standard InChI is InChI=1S/C20H20BrN3/c1-24(2)19-9-7-17(8-10-19)16-5-3-15(4-6-16)14-23-20-13-18(21)11-12-22-20/h3-13H,14H2,1-2H3,(H,22,23). The van der Waals surface area contributed by atoms with Gasteiger partial charge in [0, 0.05) is 37.0 Å². The van der Waals surface area contributed by atoms with Gasteiger partial charge in [-0.1, -0.05) is 52.3 Å². The van der Waals surface area contributed by atoms with Crippen molar-refractivity contribution in [2.24, 2.45) is 0 Å². The molecule has 24 heavy (non-hydrogen) atoms. The molecule has 1 heterocycles. The number of nitrogens with one attached hydrogen (secondary N) is 1. The summed E-state index contributed by atoms with van der Waals surface area (Å²) in [4.78, 5) is 6.40. The van der Waals surface area contributed by atoms with E-state index in [0.29, 0.717) is 0 Å². The molecule has 0 fully saturated rings. The van der Waals surface area contributed by atoms with E-state index in [0.717, 1.165) is 16.8 Å². The SMILES string of the molecule is CN(C)c1ccc(-c2ccc(CNc3cc(Br)ccn3)cc2)cc1. The highest BCUT2D eigenvalue weighted by atomic mass is 79.9. The van der Waals surface area contributed by atoms with E-state index in [9.17, 15) is 0 Å². The summed E-state index contributed by atoms with van der Waals surface area (Å²) in [5.74, 6) is 0.868. The molecule has 0 amide bonds. The molecule has 0 unspecified atom stereocenters. The number of pyridine rings is 1. The molecule has 3 aromatic rings. The number of nitrogens with zero attached hydrogens (tertiary/aromatic N) is 2. The molecule has 0 bridgehead atoms. The van der Waals surface area contributed by atoms with Crippen LogP contribution < -0.4 is 10.2 Å². The summed E-state index contributed by atoms with van der Waals surface area (Å²) in [7, 11) is 4.11. The van der Waals surface area contributed by atoms with Crippen molar-refractivity contribution in [3.8, 4) is 11.1 Å². The van der Waals surface area contributed by atoms with Gasteiger partial charge in [-0.05, 0) is 41.0 Å². The Hall–Kier alpha value is -2.33. The summed E-state index contributed by atoms with van der Waals surface area (Å²) < 4.78 is 1.02. The second kappa shape index (κ2) is 7.49. The molecule has 0 aliphatic carbocycles. The highest BCUT2D eigenvalue weighted by Crippen LogP contribution is 2.23. The van der Waals surface area contributed by atoms with Gasteiger partial charge < -0.3 is 10.2 Å². The third-order valence-electron chi connectivity index (χ3n) is 3.87. The quantitative estimate of drug-likeness (QED) is 0.658. The van der Waals surface area contributed by atoms with E-state index in [1.807, 2.05) is 12.1 Å². The fourth-order valence-electron chi connectivity index (χ4n) is 2.46. The van der Waals surface area contributed by atoms with Crippen LogP contribution in [0.25, 0.3) is 11.1 Å². The first kappa shape index (κ1) is 16.5. The zero-order valence-corrected chi connectivity index (χ0v) is 15.4. The van der Waals surface area contributed by atoms with Crippen LogP contribution >= 0.6 is 15.9 Å². The summed E-state index contributed by atoms with van der Waals surface area (Å²) in [6.07, 6.45) is 1.78. The first-order chi connectivity index (χ1) is 11.6. The van der Waals surface area contributed by atoms with Crippen LogP contribution in [-0.4, -0.2) is 19.1 Å². The first-order valence-corrected chi connectivity index (χ1v) is 8.63. The highest BCUT2D eigenvalue weighted by molar-refractivity contribution is 9.10. The average molecular weight is 382 g/mol. The molecule has 0 aliphatic heterocycles.